The first-order valence-corrected chi connectivity index (χ1v) is 10.6. The highest BCUT2D eigenvalue weighted by atomic mass is 32.1. The van der Waals surface area contributed by atoms with Crippen LogP contribution < -0.4 is 20.1 Å². The van der Waals surface area contributed by atoms with E-state index in [0.29, 0.717) is 23.8 Å². The Morgan fingerprint density at radius 2 is 1.97 bits per heavy atom. The molecule has 1 aromatic carbocycles. The maximum atomic E-state index is 12.7. The molecule has 2 aromatic rings. The van der Waals surface area contributed by atoms with E-state index >= 15 is 0 Å². The average Bonchev–Trinajstić information content (AvgIpc) is 3.50. The van der Waals surface area contributed by atoms with Crippen LogP contribution in [-0.4, -0.2) is 57.9 Å². The number of carbonyl (C=O) groups is 3. The fourth-order valence-electron chi connectivity index (χ4n) is 3.04. The summed E-state index contributed by atoms with van der Waals surface area (Å²) in [5.74, 6) is -0.991. The van der Waals surface area contributed by atoms with Crippen LogP contribution in [0.25, 0.3) is 0 Å². The van der Waals surface area contributed by atoms with Crippen LogP contribution in [0.5, 0.6) is 11.5 Å². The molecular weight excluding hydrogens is 424 g/mol. The molecule has 2 N–H and O–H groups in total. The Balaban J connectivity index is 1.70. The predicted octanol–water partition coefficient (Wildman–Crippen LogP) is 2.47. The lowest BCUT2D eigenvalue weighted by Crippen LogP contribution is -2.34. The first kappa shape index (κ1) is 22.6. The fraction of sp³-hybridized carbons (Fsp3) is 0.381. The Bertz CT molecular complexity index is 924. The average molecular weight is 448 g/mol. The number of methoxy groups -OCH3 is 2. The molecular formula is C21H24N2O7S. The molecule has 0 spiro atoms. The van der Waals surface area contributed by atoms with E-state index < -0.39 is 18.5 Å². The molecule has 3 rings (SSSR count). The molecule has 9 nitrogen and oxygen atoms in total. The van der Waals surface area contributed by atoms with E-state index in [1.165, 1.54) is 37.7 Å². The lowest BCUT2D eigenvalue weighted by atomic mass is 10.1. The van der Waals surface area contributed by atoms with Crippen molar-refractivity contribution in [1.82, 2.24) is 5.32 Å². The number of anilines is 1. The lowest BCUT2D eigenvalue weighted by molar-refractivity contribution is -0.124. The van der Waals surface area contributed by atoms with Crippen molar-refractivity contribution in [1.29, 1.82) is 0 Å². The van der Waals surface area contributed by atoms with E-state index in [0.717, 1.165) is 12.8 Å². The summed E-state index contributed by atoms with van der Waals surface area (Å²) in [6, 6.07) is 6.28. The van der Waals surface area contributed by atoms with Crippen LogP contribution in [0.3, 0.4) is 0 Å². The van der Waals surface area contributed by atoms with Crippen molar-refractivity contribution < 1.29 is 33.3 Å². The van der Waals surface area contributed by atoms with Crippen molar-refractivity contribution in [3.8, 4) is 11.5 Å². The highest BCUT2D eigenvalue weighted by molar-refractivity contribution is 7.12. The maximum Gasteiger partial charge on any atom is 0.340 e. The largest absolute Gasteiger partial charge is 0.493 e. The standard InChI is InChI=1S/C21H24N2O7S/c1-27-16-9-14(21(26)30-12-19(24)22-11-13-5-3-7-29-13)15(10-17(16)28-2)23-20(25)18-6-4-8-31-18/h4,6,8-10,13H,3,5,7,11-12H2,1-2H3,(H,22,24)(H,23,25). The first-order valence-electron chi connectivity index (χ1n) is 9.68. The van der Waals surface area contributed by atoms with Crippen molar-refractivity contribution in [2.24, 2.45) is 0 Å². The third-order valence-corrected chi connectivity index (χ3v) is 5.49. The van der Waals surface area contributed by atoms with Crippen LogP contribution in [-0.2, 0) is 14.3 Å². The van der Waals surface area contributed by atoms with Gasteiger partial charge in [0.1, 0.15) is 0 Å². The molecule has 1 saturated heterocycles. The molecule has 1 aromatic heterocycles. The number of hydrogen-bond acceptors (Lipinski definition) is 8. The number of benzene rings is 1. The molecule has 1 aliphatic rings. The quantitative estimate of drug-likeness (QED) is 0.567. The van der Waals surface area contributed by atoms with Gasteiger partial charge in [-0.3, -0.25) is 9.59 Å². The maximum absolute atomic E-state index is 12.7. The van der Waals surface area contributed by atoms with Gasteiger partial charge in [-0.1, -0.05) is 6.07 Å². The minimum atomic E-state index is -0.783. The smallest absolute Gasteiger partial charge is 0.340 e. The summed E-state index contributed by atoms with van der Waals surface area (Å²) in [4.78, 5) is 37.7. The van der Waals surface area contributed by atoms with Crippen LogP contribution in [0.1, 0.15) is 32.9 Å². The zero-order valence-electron chi connectivity index (χ0n) is 17.3. The third-order valence-electron chi connectivity index (χ3n) is 4.62. The van der Waals surface area contributed by atoms with Crippen molar-refractivity contribution in [2.75, 3.05) is 39.3 Å². The first-order chi connectivity index (χ1) is 15.0. The van der Waals surface area contributed by atoms with Gasteiger partial charge >= 0.3 is 5.97 Å². The van der Waals surface area contributed by atoms with Crippen LogP contribution >= 0.6 is 11.3 Å². The fourth-order valence-corrected chi connectivity index (χ4v) is 3.65. The van der Waals surface area contributed by atoms with Crippen molar-refractivity contribution in [3.63, 3.8) is 0 Å². The number of carbonyl (C=O) groups excluding carboxylic acids is 3. The normalized spacial score (nSPS) is 15.2. The van der Waals surface area contributed by atoms with E-state index in [1.54, 1.807) is 17.5 Å². The van der Waals surface area contributed by atoms with Gasteiger partial charge in [0.25, 0.3) is 11.8 Å². The second kappa shape index (κ2) is 10.8. The lowest BCUT2D eigenvalue weighted by Gasteiger charge is -2.15. The van der Waals surface area contributed by atoms with E-state index in [9.17, 15) is 14.4 Å². The number of amides is 2. The molecule has 166 valence electrons. The molecule has 1 aliphatic heterocycles. The summed E-state index contributed by atoms with van der Waals surface area (Å²) >= 11 is 1.26. The van der Waals surface area contributed by atoms with Gasteiger partial charge < -0.3 is 29.6 Å². The Kier molecular flexibility index (Phi) is 7.85. The van der Waals surface area contributed by atoms with Gasteiger partial charge in [-0.25, -0.2) is 4.79 Å². The Hall–Kier alpha value is -3.11. The summed E-state index contributed by atoms with van der Waals surface area (Å²) in [6.07, 6.45) is 1.85. The third kappa shape index (κ3) is 5.96. The number of esters is 1. The van der Waals surface area contributed by atoms with Gasteiger partial charge in [-0.2, -0.15) is 0 Å². The molecule has 0 radical (unpaired) electrons. The van der Waals surface area contributed by atoms with Gasteiger partial charge in [0.15, 0.2) is 18.1 Å². The van der Waals surface area contributed by atoms with Gasteiger partial charge in [0.05, 0.1) is 36.5 Å². The van der Waals surface area contributed by atoms with Gasteiger partial charge in [0, 0.05) is 25.3 Å². The molecule has 0 saturated carbocycles. The number of rotatable bonds is 9. The summed E-state index contributed by atoms with van der Waals surface area (Å²) in [5.41, 5.74) is 0.218. The molecule has 0 aliphatic carbocycles. The minimum Gasteiger partial charge on any atom is -0.493 e. The van der Waals surface area contributed by atoms with Crippen LogP contribution in [0, 0.1) is 0 Å². The van der Waals surface area contributed by atoms with Crippen LogP contribution in [0.15, 0.2) is 29.6 Å². The SMILES string of the molecule is COc1cc(NC(=O)c2cccs2)c(C(=O)OCC(=O)NCC2CCCO2)cc1OC. The molecule has 2 amide bonds. The summed E-state index contributed by atoms with van der Waals surface area (Å²) in [5, 5.41) is 7.14. The summed E-state index contributed by atoms with van der Waals surface area (Å²) in [7, 11) is 2.87. The van der Waals surface area contributed by atoms with Crippen LogP contribution in [0.2, 0.25) is 0 Å². The zero-order chi connectivity index (χ0) is 22.2. The molecule has 10 heteroatoms. The van der Waals surface area contributed by atoms with E-state index in [4.69, 9.17) is 18.9 Å². The predicted molar refractivity (Wildman–Crippen MR) is 114 cm³/mol. The zero-order valence-corrected chi connectivity index (χ0v) is 18.1. The highest BCUT2D eigenvalue weighted by Gasteiger charge is 2.22. The Morgan fingerprint density at radius 1 is 1.19 bits per heavy atom. The Morgan fingerprint density at radius 3 is 2.61 bits per heavy atom. The van der Waals surface area contributed by atoms with E-state index in [2.05, 4.69) is 10.6 Å². The Labute approximate surface area is 183 Å². The van der Waals surface area contributed by atoms with Gasteiger partial charge in [0.2, 0.25) is 0 Å². The number of nitrogens with one attached hydrogen (secondary N) is 2. The van der Waals surface area contributed by atoms with Crippen molar-refractivity contribution in [3.05, 3.63) is 40.1 Å². The van der Waals surface area contributed by atoms with Crippen molar-refractivity contribution >= 4 is 34.8 Å². The highest BCUT2D eigenvalue weighted by Crippen LogP contribution is 2.34. The molecule has 2 heterocycles. The molecule has 1 unspecified atom stereocenters. The summed E-state index contributed by atoms with van der Waals surface area (Å²) in [6.45, 7) is 0.599. The second-order valence-corrected chi connectivity index (χ2v) is 7.65. The molecule has 0 bridgehead atoms. The monoisotopic (exact) mass is 448 g/mol. The van der Waals surface area contributed by atoms with Gasteiger partial charge in [-0.05, 0) is 24.3 Å². The summed E-state index contributed by atoms with van der Waals surface area (Å²) < 4.78 is 21.1. The molecule has 1 fully saturated rings. The minimum absolute atomic E-state index is 0.00966. The number of ether oxygens (including phenoxy) is 4. The number of thiophene rings is 1. The molecule has 1 atom stereocenters. The van der Waals surface area contributed by atoms with E-state index in [1.807, 2.05) is 0 Å². The van der Waals surface area contributed by atoms with Crippen molar-refractivity contribution in [2.45, 2.75) is 18.9 Å². The van der Waals surface area contributed by atoms with E-state index in [-0.39, 0.29) is 29.0 Å². The second-order valence-electron chi connectivity index (χ2n) is 6.70. The topological polar surface area (TPSA) is 112 Å². The number of hydrogen-bond donors (Lipinski definition) is 2. The van der Waals surface area contributed by atoms with Crippen LogP contribution in [0.4, 0.5) is 5.69 Å². The molecule has 31 heavy (non-hydrogen) atoms. The van der Waals surface area contributed by atoms with Gasteiger partial charge in [-0.15, -0.1) is 11.3 Å².